The summed E-state index contributed by atoms with van der Waals surface area (Å²) in [6.07, 6.45) is 3.66. The summed E-state index contributed by atoms with van der Waals surface area (Å²) in [6, 6.07) is 4.99. The molecule has 128 valence electrons. The number of hydrogen-bond donors (Lipinski definition) is 2. The van der Waals surface area contributed by atoms with Crippen molar-refractivity contribution in [2.45, 2.75) is 39.3 Å². The van der Waals surface area contributed by atoms with Crippen molar-refractivity contribution in [2.24, 2.45) is 5.92 Å². The fraction of sp³-hybridized carbons (Fsp3) is 0.471. The lowest BCUT2D eigenvalue weighted by Crippen LogP contribution is -2.29. The molecule has 1 atom stereocenters. The third-order valence-corrected chi connectivity index (χ3v) is 3.94. The van der Waals surface area contributed by atoms with Crippen molar-refractivity contribution in [3.63, 3.8) is 0 Å². The molecule has 0 spiro atoms. The third-order valence-electron chi connectivity index (χ3n) is 3.94. The lowest BCUT2D eigenvalue weighted by molar-refractivity contribution is 0.102. The molecule has 0 bridgehead atoms. The Hall–Kier alpha value is -2.41. The Labute approximate surface area is 140 Å². The first-order chi connectivity index (χ1) is 11.5. The lowest BCUT2D eigenvalue weighted by Gasteiger charge is -2.10. The molecule has 1 saturated heterocycles. The number of aromatic nitrogens is 3. The van der Waals surface area contributed by atoms with Gasteiger partial charge in [-0.05, 0) is 30.9 Å². The molecule has 1 aliphatic heterocycles. The van der Waals surface area contributed by atoms with Crippen LogP contribution >= 0.6 is 0 Å². The van der Waals surface area contributed by atoms with Crippen LogP contribution in [0.2, 0.25) is 0 Å². The van der Waals surface area contributed by atoms with Crippen LogP contribution in [0.4, 0.5) is 5.82 Å². The zero-order chi connectivity index (χ0) is 17.1. The molecule has 1 amide bonds. The van der Waals surface area contributed by atoms with E-state index in [1.54, 1.807) is 22.9 Å². The molecular weight excluding hydrogens is 308 g/mol. The molecule has 0 radical (unpaired) electrons. The second kappa shape index (κ2) is 7.00. The van der Waals surface area contributed by atoms with Gasteiger partial charge in [0.15, 0.2) is 5.82 Å². The van der Waals surface area contributed by atoms with Crippen LogP contribution in [0.15, 0.2) is 29.2 Å². The molecule has 3 heterocycles. The molecule has 0 aliphatic carbocycles. The van der Waals surface area contributed by atoms with E-state index in [2.05, 4.69) is 15.5 Å². The normalized spacial score (nSPS) is 17.4. The van der Waals surface area contributed by atoms with E-state index < -0.39 is 5.91 Å². The number of nitrogens with one attached hydrogen (secondary N) is 2. The zero-order valence-electron chi connectivity index (χ0n) is 13.9. The second-order valence-corrected chi connectivity index (χ2v) is 6.44. The van der Waals surface area contributed by atoms with Crippen LogP contribution < -0.4 is 10.9 Å². The molecule has 1 aliphatic rings. The number of ether oxygens (including phenoxy) is 1. The van der Waals surface area contributed by atoms with Crippen molar-refractivity contribution in [3.8, 4) is 0 Å². The van der Waals surface area contributed by atoms with Gasteiger partial charge < -0.3 is 14.6 Å². The third kappa shape index (κ3) is 3.56. The highest BCUT2D eigenvalue weighted by molar-refractivity contribution is 6.03. The Morgan fingerprint density at radius 1 is 1.54 bits per heavy atom. The van der Waals surface area contributed by atoms with Gasteiger partial charge in [0.2, 0.25) is 0 Å². The number of aromatic amines is 1. The zero-order valence-corrected chi connectivity index (χ0v) is 13.9. The van der Waals surface area contributed by atoms with Crippen molar-refractivity contribution in [1.29, 1.82) is 0 Å². The largest absolute Gasteiger partial charge is 0.372 e. The van der Waals surface area contributed by atoms with Gasteiger partial charge in [-0.25, -0.2) is 0 Å². The molecule has 0 saturated carbocycles. The van der Waals surface area contributed by atoms with Crippen LogP contribution in [-0.2, 0) is 11.3 Å². The molecule has 7 heteroatoms. The Morgan fingerprint density at radius 2 is 2.38 bits per heavy atom. The number of hydrogen-bond acceptors (Lipinski definition) is 4. The van der Waals surface area contributed by atoms with Gasteiger partial charge in [0, 0.05) is 25.4 Å². The topological polar surface area (TPSA) is 89.0 Å². The van der Waals surface area contributed by atoms with E-state index in [-0.39, 0.29) is 17.2 Å². The van der Waals surface area contributed by atoms with Crippen LogP contribution in [0.5, 0.6) is 0 Å². The maximum Gasteiger partial charge on any atom is 0.263 e. The van der Waals surface area contributed by atoms with Gasteiger partial charge in [-0.2, -0.15) is 5.10 Å². The fourth-order valence-corrected chi connectivity index (χ4v) is 2.82. The van der Waals surface area contributed by atoms with Gasteiger partial charge in [-0.3, -0.25) is 14.7 Å². The van der Waals surface area contributed by atoms with Crippen molar-refractivity contribution in [2.75, 3.05) is 11.9 Å². The summed E-state index contributed by atoms with van der Waals surface area (Å²) < 4.78 is 7.13. The molecular formula is C17H22N4O3. The van der Waals surface area contributed by atoms with E-state index in [0.717, 1.165) is 25.1 Å². The Morgan fingerprint density at radius 3 is 3.08 bits per heavy atom. The van der Waals surface area contributed by atoms with Gasteiger partial charge in [-0.15, -0.1) is 0 Å². The first-order valence-electron chi connectivity index (χ1n) is 8.22. The molecule has 7 nitrogen and oxygen atoms in total. The summed E-state index contributed by atoms with van der Waals surface area (Å²) in [4.78, 5) is 24.8. The minimum atomic E-state index is -0.455. The summed E-state index contributed by atoms with van der Waals surface area (Å²) in [5.41, 5.74) is 0.659. The number of pyridine rings is 1. The Kier molecular flexibility index (Phi) is 4.80. The Balaban J connectivity index is 1.74. The Bertz CT molecular complexity index is 772. The summed E-state index contributed by atoms with van der Waals surface area (Å²) in [6.45, 7) is 5.36. The quantitative estimate of drug-likeness (QED) is 0.880. The van der Waals surface area contributed by atoms with Gasteiger partial charge in [-0.1, -0.05) is 13.8 Å². The standard InChI is InChI=1S/C17H22N4O3/c1-11(2)10-21-7-3-5-12(17(21)23)16(22)18-15-9-13(19-20-15)14-6-4-8-24-14/h3,5,7,9,11,14H,4,6,8,10H2,1-2H3,(H2,18,19,20,22). The molecule has 0 aromatic carbocycles. The van der Waals surface area contributed by atoms with E-state index in [0.29, 0.717) is 18.3 Å². The highest BCUT2D eigenvalue weighted by atomic mass is 16.5. The number of carbonyl (C=O) groups excluding carboxylic acids is 1. The van der Waals surface area contributed by atoms with Crippen molar-refractivity contribution < 1.29 is 9.53 Å². The highest BCUT2D eigenvalue weighted by Gasteiger charge is 2.21. The SMILES string of the molecule is CC(C)Cn1cccc(C(=O)Nc2cc(C3CCCO3)[nH]n2)c1=O. The summed E-state index contributed by atoms with van der Waals surface area (Å²) in [5, 5.41) is 9.64. The van der Waals surface area contributed by atoms with Gasteiger partial charge in [0.1, 0.15) is 5.56 Å². The average Bonchev–Trinajstić information content (AvgIpc) is 3.19. The summed E-state index contributed by atoms with van der Waals surface area (Å²) in [5.74, 6) is 0.258. The van der Waals surface area contributed by atoms with E-state index in [1.165, 1.54) is 6.07 Å². The number of nitrogens with zero attached hydrogens (tertiary/aromatic N) is 2. The smallest absolute Gasteiger partial charge is 0.263 e. The van der Waals surface area contributed by atoms with Gasteiger partial charge >= 0.3 is 0 Å². The maximum absolute atomic E-state index is 12.4. The molecule has 2 N–H and O–H groups in total. The number of anilines is 1. The summed E-state index contributed by atoms with van der Waals surface area (Å²) in [7, 11) is 0. The molecule has 2 aromatic rings. The molecule has 3 rings (SSSR count). The van der Waals surface area contributed by atoms with E-state index in [9.17, 15) is 9.59 Å². The van der Waals surface area contributed by atoms with Crippen molar-refractivity contribution >= 4 is 11.7 Å². The van der Waals surface area contributed by atoms with Crippen molar-refractivity contribution in [1.82, 2.24) is 14.8 Å². The highest BCUT2D eigenvalue weighted by Crippen LogP contribution is 2.28. The number of amides is 1. The predicted octanol–water partition coefficient (Wildman–Crippen LogP) is 2.33. The molecule has 1 unspecified atom stereocenters. The van der Waals surface area contributed by atoms with Crippen LogP contribution in [0, 0.1) is 5.92 Å². The van der Waals surface area contributed by atoms with E-state index in [1.807, 2.05) is 13.8 Å². The first-order valence-corrected chi connectivity index (χ1v) is 8.22. The van der Waals surface area contributed by atoms with Gasteiger partial charge in [0.05, 0.1) is 11.8 Å². The van der Waals surface area contributed by atoms with Crippen LogP contribution in [0.3, 0.4) is 0 Å². The predicted molar refractivity (Wildman–Crippen MR) is 90.0 cm³/mol. The molecule has 2 aromatic heterocycles. The summed E-state index contributed by atoms with van der Waals surface area (Å²) >= 11 is 0. The van der Waals surface area contributed by atoms with Crippen LogP contribution in [-0.4, -0.2) is 27.3 Å². The monoisotopic (exact) mass is 330 g/mol. The van der Waals surface area contributed by atoms with Crippen LogP contribution in [0.1, 0.15) is 48.8 Å². The second-order valence-electron chi connectivity index (χ2n) is 6.44. The average molecular weight is 330 g/mol. The van der Waals surface area contributed by atoms with Gasteiger partial charge in [0.25, 0.3) is 11.5 Å². The first kappa shape index (κ1) is 16.4. The minimum Gasteiger partial charge on any atom is -0.372 e. The number of H-pyrrole nitrogens is 1. The van der Waals surface area contributed by atoms with Crippen molar-refractivity contribution in [3.05, 3.63) is 46.0 Å². The fourth-order valence-electron chi connectivity index (χ4n) is 2.82. The molecule has 24 heavy (non-hydrogen) atoms. The lowest BCUT2D eigenvalue weighted by atomic mass is 10.2. The molecule has 1 fully saturated rings. The minimum absolute atomic E-state index is 0.00291. The maximum atomic E-state index is 12.4. The van der Waals surface area contributed by atoms with E-state index in [4.69, 9.17) is 4.74 Å². The number of carbonyl (C=O) groups is 1. The van der Waals surface area contributed by atoms with E-state index >= 15 is 0 Å². The van der Waals surface area contributed by atoms with Crippen LogP contribution in [0.25, 0.3) is 0 Å². The number of rotatable bonds is 5.